The van der Waals surface area contributed by atoms with E-state index in [-0.39, 0.29) is 0 Å². The summed E-state index contributed by atoms with van der Waals surface area (Å²) in [6, 6.07) is 2.18. The van der Waals surface area contributed by atoms with Crippen LogP contribution in [0.1, 0.15) is 23.4 Å². The zero-order valence-electron chi connectivity index (χ0n) is 6.46. The number of nitriles is 1. The molecular weight excluding hydrogens is 138 g/mol. The van der Waals surface area contributed by atoms with Crippen molar-refractivity contribution in [2.45, 2.75) is 19.3 Å². The smallest absolute Gasteiger partial charge is 0.141 e. The van der Waals surface area contributed by atoms with Crippen LogP contribution in [0.25, 0.3) is 0 Å². The zero-order valence-corrected chi connectivity index (χ0v) is 6.46. The van der Waals surface area contributed by atoms with Gasteiger partial charge in [-0.1, -0.05) is 0 Å². The first kappa shape index (κ1) is 6.41. The summed E-state index contributed by atoms with van der Waals surface area (Å²) < 4.78 is 1.68. The fraction of sp³-hybridized carbons (Fsp3) is 0.500. The summed E-state index contributed by atoms with van der Waals surface area (Å²) in [5.41, 5.74) is 3.05. The summed E-state index contributed by atoms with van der Waals surface area (Å²) in [6.07, 6.45) is 3.24. The van der Waals surface area contributed by atoms with Crippen molar-refractivity contribution in [2.24, 2.45) is 7.05 Å². The Morgan fingerprint density at radius 3 is 3.09 bits per heavy atom. The van der Waals surface area contributed by atoms with Crippen molar-refractivity contribution in [3.63, 3.8) is 0 Å². The Balaban J connectivity index is 2.63. The fourth-order valence-electron chi connectivity index (χ4n) is 1.66. The summed E-state index contributed by atoms with van der Waals surface area (Å²) in [6.45, 7) is 0. The van der Waals surface area contributed by atoms with Crippen LogP contribution in [0.15, 0.2) is 0 Å². The molecule has 1 aliphatic carbocycles. The second-order valence-corrected chi connectivity index (χ2v) is 2.86. The van der Waals surface area contributed by atoms with Gasteiger partial charge in [0.15, 0.2) is 0 Å². The van der Waals surface area contributed by atoms with Crippen molar-refractivity contribution in [3.05, 3.63) is 17.0 Å². The predicted molar refractivity (Wildman–Crippen MR) is 39.9 cm³/mol. The second-order valence-electron chi connectivity index (χ2n) is 2.86. The van der Waals surface area contributed by atoms with Crippen LogP contribution < -0.4 is 0 Å². The van der Waals surface area contributed by atoms with Crippen molar-refractivity contribution >= 4 is 0 Å². The molecule has 0 fully saturated rings. The van der Waals surface area contributed by atoms with E-state index < -0.39 is 0 Å². The Morgan fingerprint density at radius 2 is 2.36 bits per heavy atom. The predicted octanol–water partition coefficient (Wildman–Crippen LogP) is 0.780. The molecule has 0 radical (unpaired) electrons. The Morgan fingerprint density at radius 1 is 1.55 bits per heavy atom. The third-order valence-corrected chi connectivity index (χ3v) is 2.17. The minimum absolute atomic E-state index is 0.748. The SMILES string of the molecule is Cn1nc2c(c1C#N)CCC2. The third-order valence-electron chi connectivity index (χ3n) is 2.17. The fourth-order valence-corrected chi connectivity index (χ4v) is 1.66. The van der Waals surface area contributed by atoms with Crippen molar-refractivity contribution < 1.29 is 0 Å². The third kappa shape index (κ3) is 0.758. The van der Waals surface area contributed by atoms with Gasteiger partial charge < -0.3 is 0 Å². The van der Waals surface area contributed by atoms with Gasteiger partial charge in [-0.15, -0.1) is 0 Å². The maximum atomic E-state index is 8.76. The van der Waals surface area contributed by atoms with Crippen LogP contribution in [0.4, 0.5) is 0 Å². The molecule has 0 aromatic carbocycles. The number of fused-ring (bicyclic) bond motifs is 1. The molecule has 0 unspecified atom stereocenters. The van der Waals surface area contributed by atoms with E-state index >= 15 is 0 Å². The van der Waals surface area contributed by atoms with E-state index in [1.54, 1.807) is 4.68 Å². The van der Waals surface area contributed by atoms with Gasteiger partial charge in [-0.05, 0) is 19.3 Å². The largest absolute Gasteiger partial charge is 0.257 e. The van der Waals surface area contributed by atoms with E-state index in [9.17, 15) is 0 Å². The second kappa shape index (κ2) is 2.09. The van der Waals surface area contributed by atoms with Gasteiger partial charge in [0.05, 0.1) is 5.69 Å². The van der Waals surface area contributed by atoms with E-state index in [4.69, 9.17) is 5.26 Å². The van der Waals surface area contributed by atoms with Gasteiger partial charge in [0.1, 0.15) is 11.8 Å². The molecule has 0 spiro atoms. The monoisotopic (exact) mass is 147 g/mol. The highest BCUT2D eigenvalue weighted by Gasteiger charge is 2.19. The summed E-state index contributed by atoms with van der Waals surface area (Å²) in [4.78, 5) is 0. The molecule has 3 heteroatoms. The minimum Gasteiger partial charge on any atom is -0.257 e. The molecule has 0 amide bonds. The van der Waals surface area contributed by atoms with Crippen molar-refractivity contribution in [1.29, 1.82) is 5.26 Å². The highest BCUT2D eigenvalue weighted by Crippen LogP contribution is 2.23. The van der Waals surface area contributed by atoms with Gasteiger partial charge in [0.2, 0.25) is 0 Å². The molecule has 0 saturated heterocycles. The number of aromatic nitrogens is 2. The normalized spacial score (nSPS) is 14.5. The lowest BCUT2D eigenvalue weighted by Gasteiger charge is -1.91. The molecule has 1 aromatic heterocycles. The summed E-state index contributed by atoms with van der Waals surface area (Å²) in [7, 11) is 1.83. The Hall–Kier alpha value is -1.30. The lowest BCUT2D eigenvalue weighted by molar-refractivity contribution is 0.718. The van der Waals surface area contributed by atoms with Gasteiger partial charge in [-0.3, -0.25) is 4.68 Å². The van der Waals surface area contributed by atoms with E-state index in [1.165, 1.54) is 5.56 Å². The number of rotatable bonds is 0. The van der Waals surface area contributed by atoms with E-state index in [1.807, 2.05) is 7.05 Å². The molecule has 1 aliphatic rings. The molecule has 0 bridgehead atoms. The highest BCUT2D eigenvalue weighted by molar-refractivity contribution is 5.38. The van der Waals surface area contributed by atoms with Crippen LogP contribution in [0, 0.1) is 11.3 Å². The maximum Gasteiger partial charge on any atom is 0.141 e. The van der Waals surface area contributed by atoms with Gasteiger partial charge in [-0.25, -0.2) is 0 Å². The van der Waals surface area contributed by atoms with E-state index in [2.05, 4.69) is 11.2 Å². The standard InChI is InChI=1S/C8H9N3/c1-11-8(5-9)6-3-2-4-7(6)10-11/h2-4H2,1H3. The van der Waals surface area contributed by atoms with Crippen molar-refractivity contribution in [3.8, 4) is 6.07 Å². The molecule has 0 aliphatic heterocycles. The number of hydrogen-bond acceptors (Lipinski definition) is 2. The average molecular weight is 147 g/mol. The molecule has 1 aromatic rings. The molecule has 1 heterocycles. The van der Waals surface area contributed by atoms with E-state index in [0.717, 1.165) is 30.7 Å². The van der Waals surface area contributed by atoms with Crippen LogP contribution in [-0.2, 0) is 19.9 Å². The van der Waals surface area contributed by atoms with Crippen LogP contribution in [-0.4, -0.2) is 9.78 Å². The quantitative estimate of drug-likeness (QED) is 0.544. The molecule has 56 valence electrons. The number of aryl methyl sites for hydroxylation is 2. The first-order valence-corrected chi connectivity index (χ1v) is 3.78. The van der Waals surface area contributed by atoms with E-state index in [0.29, 0.717) is 0 Å². The maximum absolute atomic E-state index is 8.76. The van der Waals surface area contributed by atoms with Gasteiger partial charge in [0.25, 0.3) is 0 Å². The summed E-state index contributed by atoms with van der Waals surface area (Å²) in [5, 5.41) is 13.0. The molecule has 2 rings (SSSR count). The van der Waals surface area contributed by atoms with Gasteiger partial charge in [-0.2, -0.15) is 10.4 Å². The zero-order chi connectivity index (χ0) is 7.84. The Labute approximate surface area is 65.3 Å². The lowest BCUT2D eigenvalue weighted by Crippen LogP contribution is -1.96. The molecule has 0 atom stereocenters. The topological polar surface area (TPSA) is 41.6 Å². The van der Waals surface area contributed by atoms with Crippen LogP contribution in [0.2, 0.25) is 0 Å². The van der Waals surface area contributed by atoms with Crippen LogP contribution >= 0.6 is 0 Å². The van der Waals surface area contributed by atoms with Gasteiger partial charge >= 0.3 is 0 Å². The van der Waals surface area contributed by atoms with Crippen molar-refractivity contribution in [2.75, 3.05) is 0 Å². The Bertz CT molecular complexity index is 330. The lowest BCUT2D eigenvalue weighted by atomic mass is 10.2. The summed E-state index contributed by atoms with van der Waals surface area (Å²) >= 11 is 0. The molecule has 11 heavy (non-hydrogen) atoms. The molecule has 0 N–H and O–H groups in total. The van der Waals surface area contributed by atoms with Crippen molar-refractivity contribution in [1.82, 2.24) is 9.78 Å². The van der Waals surface area contributed by atoms with Crippen LogP contribution in [0.3, 0.4) is 0 Å². The van der Waals surface area contributed by atoms with Gasteiger partial charge in [0, 0.05) is 12.6 Å². The molecule has 3 nitrogen and oxygen atoms in total. The number of nitrogens with zero attached hydrogens (tertiary/aromatic N) is 3. The first-order chi connectivity index (χ1) is 5.33. The highest BCUT2D eigenvalue weighted by atomic mass is 15.3. The summed E-state index contributed by atoms with van der Waals surface area (Å²) in [5.74, 6) is 0. The average Bonchev–Trinajstić information content (AvgIpc) is 2.46. The number of hydrogen-bond donors (Lipinski definition) is 0. The Kier molecular flexibility index (Phi) is 1.22. The molecular formula is C8H9N3. The first-order valence-electron chi connectivity index (χ1n) is 3.78. The molecule has 0 saturated carbocycles. The minimum atomic E-state index is 0.748. The van der Waals surface area contributed by atoms with Crippen LogP contribution in [0.5, 0.6) is 0 Å².